The molecule has 2 aromatic rings. The van der Waals surface area contributed by atoms with E-state index in [9.17, 15) is 9.18 Å². The minimum atomic E-state index is -0.287. The average Bonchev–Trinajstić information content (AvgIpc) is 2.46. The molecule has 0 atom stereocenters. The highest BCUT2D eigenvalue weighted by atomic mass is 35.5. The molecule has 2 aromatic carbocycles. The Labute approximate surface area is 116 Å². The van der Waals surface area contributed by atoms with Gasteiger partial charge in [0.05, 0.1) is 0 Å². The summed E-state index contributed by atoms with van der Waals surface area (Å²) in [5.41, 5.74) is 2.32. The first kappa shape index (κ1) is 13.6. The topological polar surface area (TPSA) is 29.1 Å². The van der Waals surface area contributed by atoms with E-state index >= 15 is 0 Å². The summed E-state index contributed by atoms with van der Waals surface area (Å²) in [4.78, 5) is 11.9. The fraction of sp³-hybridized carbons (Fsp3) is 0.133. The summed E-state index contributed by atoms with van der Waals surface area (Å²) < 4.78 is 12.7. The molecular formula is C15H13ClFNO. The van der Waals surface area contributed by atoms with E-state index in [1.165, 1.54) is 12.1 Å². The van der Waals surface area contributed by atoms with Gasteiger partial charge in [-0.25, -0.2) is 4.39 Å². The molecule has 0 radical (unpaired) electrons. The minimum absolute atomic E-state index is 0.170. The predicted octanol–water partition coefficient (Wildman–Crippen LogP) is 3.49. The van der Waals surface area contributed by atoms with Crippen LogP contribution in [0.1, 0.15) is 21.5 Å². The second kappa shape index (κ2) is 6.34. The van der Waals surface area contributed by atoms with Crippen LogP contribution in [0.5, 0.6) is 0 Å². The van der Waals surface area contributed by atoms with Crippen molar-refractivity contribution in [2.24, 2.45) is 0 Å². The lowest BCUT2D eigenvalue weighted by Crippen LogP contribution is -2.22. The highest BCUT2D eigenvalue weighted by molar-refractivity contribution is 6.17. The van der Waals surface area contributed by atoms with Crippen LogP contribution in [0.3, 0.4) is 0 Å². The van der Waals surface area contributed by atoms with Gasteiger partial charge >= 0.3 is 0 Å². The molecule has 0 aliphatic heterocycles. The van der Waals surface area contributed by atoms with Crippen molar-refractivity contribution in [3.8, 4) is 0 Å². The first-order valence-corrected chi connectivity index (χ1v) is 6.40. The summed E-state index contributed by atoms with van der Waals surface area (Å²) in [6.07, 6.45) is 0. The van der Waals surface area contributed by atoms with Crippen molar-refractivity contribution in [3.05, 3.63) is 71.0 Å². The first-order valence-electron chi connectivity index (χ1n) is 5.86. The Hall–Kier alpha value is -1.87. The van der Waals surface area contributed by atoms with E-state index in [-0.39, 0.29) is 11.7 Å². The van der Waals surface area contributed by atoms with E-state index in [0.717, 1.165) is 11.1 Å². The van der Waals surface area contributed by atoms with Gasteiger partial charge in [0, 0.05) is 18.0 Å². The van der Waals surface area contributed by atoms with Crippen LogP contribution in [-0.2, 0) is 12.4 Å². The zero-order chi connectivity index (χ0) is 13.7. The van der Waals surface area contributed by atoms with Gasteiger partial charge in [-0.2, -0.15) is 0 Å². The number of alkyl halides is 1. The van der Waals surface area contributed by atoms with Gasteiger partial charge < -0.3 is 5.32 Å². The molecule has 0 spiro atoms. The second-order valence-corrected chi connectivity index (χ2v) is 4.41. The molecule has 2 nitrogen and oxygen atoms in total. The maximum atomic E-state index is 12.7. The van der Waals surface area contributed by atoms with Gasteiger partial charge in [0.15, 0.2) is 0 Å². The lowest BCUT2D eigenvalue weighted by atomic mass is 10.1. The Balaban J connectivity index is 1.99. The summed E-state index contributed by atoms with van der Waals surface area (Å²) in [6, 6.07) is 13.2. The fourth-order valence-corrected chi connectivity index (χ4v) is 1.85. The lowest BCUT2D eigenvalue weighted by molar-refractivity contribution is 0.0951. The molecule has 0 fully saturated rings. The van der Waals surface area contributed by atoms with E-state index in [2.05, 4.69) is 5.32 Å². The van der Waals surface area contributed by atoms with Crippen LogP contribution in [0, 0.1) is 5.82 Å². The summed E-state index contributed by atoms with van der Waals surface area (Å²) in [5, 5.41) is 2.78. The molecule has 19 heavy (non-hydrogen) atoms. The third kappa shape index (κ3) is 3.80. The van der Waals surface area contributed by atoms with Crippen molar-refractivity contribution in [2.45, 2.75) is 12.4 Å². The third-order valence-corrected chi connectivity index (χ3v) is 3.02. The highest BCUT2D eigenvalue weighted by Gasteiger charge is 2.05. The number of rotatable bonds is 4. The van der Waals surface area contributed by atoms with E-state index < -0.39 is 0 Å². The Morgan fingerprint density at radius 2 is 1.84 bits per heavy atom. The number of halogens is 2. The normalized spacial score (nSPS) is 10.2. The molecule has 0 bridgehead atoms. The molecular weight excluding hydrogens is 265 g/mol. The van der Waals surface area contributed by atoms with Gasteiger partial charge in [-0.1, -0.05) is 24.3 Å². The maximum Gasteiger partial charge on any atom is 0.251 e. The Morgan fingerprint density at radius 3 is 2.53 bits per heavy atom. The molecule has 0 saturated carbocycles. The third-order valence-electron chi connectivity index (χ3n) is 2.71. The van der Waals surface area contributed by atoms with Crippen molar-refractivity contribution in [2.75, 3.05) is 0 Å². The van der Waals surface area contributed by atoms with Crippen LogP contribution in [0.15, 0.2) is 48.5 Å². The first-order chi connectivity index (χ1) is 9.19. The lowest BCUT2D eigenvalue weighted by Gasteiger charge is -2.06. The molecule has 1 amide bonds. The molecule has 1 N–H and O–H groups in total. The van der Waals surface area contributed by atoms with E-state index in [0.29, 0.717) is 18.0 Å². The Morgan fingerprint density at radius 1 is 1.11 bits per heavy atom. The molecule has 2 rings (SSSR count). The van der Waals surface area contributed by atoms with E-state index in [4.69, 9.17) is 11.6 Å². The van der Waals surface area contributed by atoms with Crippen LogP contribution < -0.4 is 5.32 Å². The largest absolute Gasteiger partial charge is 0.348 e. The summed E-state index contributed by atoms with van der Waals surface area (Å²) in [7, 11) is 0. The van der Waals surface area contributed by atoms with Crippen molar-refractivity contribution in [1.29, 1.82) is 0 Å². The van der Waals surface area contributed by atoms with E-state index in [1.54, 1.807) is 30.3 Å². The van der Waals surface area contributed by atoms with Gasteiger partial charge in [0.2, 0.25) is 0 Å². The van der Waals surface area contributed by atoms with Crippen LogP contribution in [0.25, 0.3) is 0 Å². The summed E-state index contributed by atoms with van der Waals surface area (Å²) in [5.74, 6) is -0.0831. The van der Waals surface area contributed by atoms with Crippen LogP contribution in [0.4, 0.5) is 4.39 Å². The Kier molecular flexibility index (Phi) is 4.53. The van der Waals surface area contributed by atoms with Crippen LogP contribution in [-0.4, -0.2) is 5.91 Å². The number of hydrogen-bond acceptors (Lipinski definition) is 1. The van der Waals surface area contributed by atoms with Crippen molar-refractivity contribution in [3.63, 3.8) is 0 Å². The smallest absolute Gasteiger partial charge is 0.251 e. The van der Waals surface area contributed by atoms with Crippen LogP contribution >= 0.6 is 11.6 Å². The summed E-state index contributed by atoms with van der Waals surface area (Å²) in [6.45, 7) is 0.365. The maximum absolute atomic E-state index is 12.7. The van der Waals surface area contributed by atoms with Gasteiger partial charge in [-0.15, -0.1) is 11.6 Å². The zero-order valence-corrected chi connectivity index (χ0v) is 11.0. The van der Waals surface area contributed by atoms with Crippen molar-refractivity contribution in [1.82, 2.24) is 5.32 Å². The van der Waals surface area contributed by atoms with Gasteiger partial charge in [-0.05, 0) is 35.4 Å². The average molecular weight is 278 g/mol. The monoisotopic (exact) mass is 277 g/mol. The molecule has 4 heteroatoms. The highest BCUT2D eigenvalue weighted by Crippen LogP contribution is 2.08. The standard InChI is InChI=1S/C15H13ClFNO/c16-9-12-2-1-3-13(8-12)15(19)18-10-11-4-6-14(17)7-5-11/h1-8H,9-10H2,(H,18,19). The SMILES string of the molecule is O=C(NCc1ccc(F)cc1)c1cccc(CCl)c1. The van der Waals surface area contributed by atoms with Crippen molar-refractivity contribution < 1.29 is 9.18 Å². The molecule has 0 heterocycles. The number of benzene rings is 2. The quantitative estimate of drug-likeness (QED) is 0.852. The van der Waals surface area contributed by atoms with Crippen LogP contribution in [0.2, 0.25) is 0 Å². The summed E-state index contributed by atoms with van der Waals surface area (Å²) >= 11 is 5.72. The number of hydrogen-bond donors (Lipinski definition) is 1. The molecule has 0 aliphatic rings. The van der Waals surface area contributed by atoms with Gasteiger partial charge in [0.1, 0.15) is 5.82 Å². The number of carbonyl (C=O) groups excluding carboxylic acids is 1. The number of carbonyl (C=O) groups is 1. The fourth-order valence-electron chi connectivity index (χ4n) is 1.68. The zero-order valence-electron chi connectivity index (χ0n) is 10.2. The molecule has 98 valence electrons. The number of amides is 1. The minimum Gasteiger partial charge on any atom is -0.348 e. The van der Waals surface area contributed by atoms with E-state index in [1.807, 2.05) is 6.07 Å². The Bertz CT molecular complexity index is 569. The predicted molar refractivity (Wildman–Crippen MR) is 73.6 cm³/mol. The molecule has 0 aliphatic carbocycles. The van der Waals surface area contributed by atoms with Gasteiger partial charge in [-0.3, -0.25) is 4.79 Å². The number of nitrogens with one attached hydrogen (secondary N) is 1. The van der Waals surface area contributed by atoms with Crippen molar-refractivity contribution >= 4 is 17.5 Å². The second-order valence-electron chi connectivity index (χ2n) is 4.14. The molecule has 0 saturated heterocycles. The van der Waals surface area contributed by atoms with Gasteiger partial charge in [0.25, 0.3) is 5.91 Å². The molecule has 0 unspecified atom stereocenters. The molecule has 0 aromatic heterocycles.